The Morgan fingerprint density at radius 2 is 1.38 bits per heavy atom. The quantitative estimate of drug-likeness (QED) is 0.220. The third-order valence-corrected chi connectivity index (χ3v) is 8.96. The molecule has 5 rings (SSSR count). The number of hydrogen-bond acceptors (Lipinski definition) is 1. The first kappa shape index (κ1) is 23.1. The summed E-state index contributed by atoms with van der Waals surface area (Å²) in [4.78, 5) is 0. The highest BCUT2D eigenvalue weighted by molar-refractivity contribution is 9.11. The maximum Gasteiger partial charge on any atom is 0.145 e. The molecule has 0 aromatic heterocycles. The van der Waals surface area contributed by atoms with Crippen LogP contribution in [0.3, 0.4) is 0 Å². The van der Waals surface area contributed by atoms with Gasteiger partial charge in [-0.15, -0.1) is 0 Å². The average Bonchev–Trinajstić information content (AvgIpc) is 3.31. The van der Waals surface area contributed by atoms with Crippen LogP contribution in [0.1, 0.15) is 17.0 Å². The van der Waals surface area contributed by atoms with Crippen LogP contribution >= 0.6 is 89.9 Å². The molecule has 0 spiro atoms. The van der Waals surface area contributed by atoms with Crippen LogP contribution in [0.4, 0.5) is 0 Å². The lowest BCUT2D eigenvalue weighted by atomic mass is 9.75. The van der Waals surface area contributed by atoms with Crippen LogP contribution in [0.2, 0.25) is 25.1 Å². The summed E-state index contributed by atoms with van der Waals surface area (Å²) in [5.74, 6) is 0.986. The lowest BCUT2D eigenvalue weighted by Crippen LogP contribution is -2.26. The van der Waals surface area contributed by atoms with Crippen molar-refractivity contribution in [1.29, 1.82) is 0 Å². The van der Waals surface area contributed by atoms with Crippen LogP contribution in [0.5, 0.6) is 5.75 Å². The molecular weight excluding hydrogens is 641 g/mol. The van der Waals surface area contributed by atoms with Gasteiger partial charge in [-0.2, -0.15) is 0 Å². The number of rotatable bonds is 1. The number of hydrogen-bond donors (Lipinski definition) is 0. The molecule has 2 atom stereocenters. The molecule has 0 amide bonds. The van der Waals surface area contributed by atoms with E-state index >= 15 is 0 Å². The van der Waals surface area contributed by atoms with Gasteiger partial charge in [0.15, 0.2) is 0 Å². The van der Waals surface area contributed by atoms with Gasteiger partial charge in [0.05, 0.1) is 29.6 Å². The van der Waals surface area contributed by atoms with Crippen molar-refractivity contribution in [3.63, 3.8) is 0 Å². The van der Waals surface area contributed by atoms with Gasteiger partial charge in [-0.3, -0.25) is 0 Å². The molecule has 2 unspecified atom stereocenters. The normalized spacial score (nSPS) is 20.9. The Labute approximate surface area is 227 Å². The molecule has 0 fully saturated rings. The van der Waals surface area contributed by atoms with Gasteiger partial charge < -0.3 is 4.74 Å². The zero-order valence-electron chi connectivity index (χ0n) is 15.9. The standard InChI is InChI=1S/C24H11Br2Cl5O/c25-12-8-14-17(18-19(27)21(29)23(31)22(30)20(18)28)13-6-5-11(10-3-1-2-4-10)7-16(13)32-24(14)15(26)9-12/h1-9,13,17H. The van der Waals surface area contributed by atoms with Gasteiger partial charge in [0.25, 0.3) is 0 Å². The Hall–Kier alpha value is -0.650. The van der Waals surface area contributed by atoms with Crippen LogP contribution in [0.15, 0.2) is 80.5 Å². The van der Waals surface area contributed by atoms with Crippen molar-refractivity contribution in [2.75, 3.05) is 0 Å². The van der Waals surface area contributed by atoms with E-state index in [9.17, 15) is 0 Å². The van der Waals surface area contributed by atoms with Gasteiger partial charge in [-0.05, 0) is 45.3 Å². The van der Waals surface area contributed by atoms with E-state index in [1.165, 1.54) is 0 Å². The largest absolute Gasteiger partial charge is 0.460 e. The van der Waals surface area contributed by atoms with Crippen molar-refractivity contribution in [3.8, 4) is 5.75 Å². The van der Waals surface area contributed by atoms with E-state index in [-0.39, 0.29) is 36.9 Å². The second-order valence-electron chi connectivity index (χ2n) is 7.43. The minimum atomic E-state index is -0.302. The van der Waals surface area contributed by atoms with Gasteiger partial charge in [-0.1, -0.05) is 110 Å². The van der Waals surface area contributed by atoms with E-state index < -0.39 is 0 Å². The fourth-order valence-corrected chi connectivity index (χ4v) is 6.91. The summed E-state index contributed by atoms with van der Waals surface area (Å²) >= 11 is 39.8. The molecular formula is C24H11Br2Cl5O. The zero-order valence-corrected chi connectivity index (χ0v) is 22.9. The predicted molar refractivity (Wildman–Crippen MR) is 142 cm³/mol. The smallest absolute Gasteiger partial charge is 0.145 e. The van der Waals surface area contributed by atoms with Gasteiger partial charge >= 0.3 is 0 Å². The van der Waals surface area contributed by atoms with E-state index in [4.69, 9.17) is 62.7 Å². The number of halogens is 7. The molecule has 0 saturated carbocycles. The predicted octanol–water partition coefficient (Wildman–Crippen LogP) is 10.5. The van der Waals surface area contributed by atoms with Gasteiger partial charge in [0.2, 0.25) is 0 Å². The molecule has 1 aliphatic heterocycles. The van der Waals surface area contributed by atoms with Crippen molar-refractivity contribution in [2.24, 2.45) is 5.92 Å². The van der Waals surface area contributed by atoms with E-state index in [1.807, 2.05) is 30.4 Å². The fraction of sp³-hybridized carbons (Fsp3) is 0.0833. The summed E-state index contributed by atoms with van der Waals surface area (Å²) in [6.07, 6.45) is 14.4. The minimum absolute atomic E-state index is 0.136. The maximum absolute atomic E-state index is 6.72. The summed E-state index contributed by atoms with van der Waals surface area (Å²) in [7, 11) is 0. The van der Waals surface area contributed by atoms with Gasteiger partial charge in [-0.25, -0.2) is 0 Å². The molecule has 0 bridgehead atoms. The van der Waals surface area contributed by atoms with Crippen LogP contribution in [0.25, 0.3) is 0 Å². The van der Waals surface area contributed by atoms with Crippen LogP contribution < -0.4 is 4.74 Å². The highest BCUT2D eigenvalue weighted by Gasteiger charge is 2.40. The molecule has 1 nitrogen and oxygen atoms in total. The van der Waals surface area contributed by atoms with E-state index in [1.54, 1.807) is 0 Å². The van der Waals surface area contributed by atoms with Crippen molar-refractivity contribution >= 4 is 89.9 Å². The van der Waals surface area contributed by atoms with E-state index in [0.717, 1.165) is 31.4 Å². The number of ether oxygens (including phenoxy) is 1. The van der Waals surface area contributed by atoms with E-state index in [0.29, 0.717) is 11.3 Å². The summed E-state index contributed by atoms with van der Waals surface area (Å²) in [6, 6.07) is 3.93. The third-order valence-electron chi connectivity index (χ3n) is 5.61. The van der Waals surface area contributed by atoms with E-state index in [2.05, 4.69) is 56.2 Å². The highest BCUT2D eigenvalue weighted by atomic mass is 79.9. The molecule has 1 heterocycles. The summed E-state index contributed by atoms with van der Waals surface area (Å²) < 4.78 is 8.09. The fourth-order valence-electron chi connectivity index (χ4n) is 4.18. The van der Waals surface area contributed by atoms with Crippen molar-refractivity contribution in [2.45, 2.75) is 5.92 Å². The summed E-state index contributed by atoms with van der Waals surface area (Å²) in [6.45, 7) is 0. The van der Waals surface area contributed by atoms with Crippen molar-refractivity contribution in [1.82, 2.24) is 0 Å². The Morgan fingerprint density at radius 1 is 0.750 bits per heavy atom. The van der Waals surface area contributed by atoms with Gasteiger partial charge in [0.1, 0.15) is 11.5 Å². The molecule has 2 aliphatic carbocycles. The highest BCUT2D eigenvalue weighted by Crippen LogP contribution is 2.56. The lowest BCUT2D eigenvalue weighted by molar-refractivity contribution is 0.321. The van der Waals surface area contributed by atoms with Gasteiger partial charge in [0, 0.05) is 27.4 Å². The molecule has 0 radical (unpaired) electrons. The molecule has 8 heteroatoms. The lowest BCUT2D eigenvalue weighted by Gasteiger charge is -2.37. The Morgan fingerprint density at radius 3 is 2.03 bits per heavy atom. The Kier molecular flexibility index (Phi) is 6.39. The Balaban J connectivity index is 1.79. The zero-order chi connectivity index (χ0) is 22.7. The first-order chi connectivity index (χ1) is 15.3. The SMILES string of the molecule is Clc1c(Cl)c(Cl)c(C2c3cc(Br)cc(Br)c3OC3=CC(=C4C=CC=C4)C=CC32)c(Cl)c1Cl. The van der Waals surface area contributed by atoms with Crippen LogP contribution in [0, 0.1) is 5.92 Å². The Bertz CT molecular complexity index is 1290. The van der Waals surface area contributed by atoms with Crippen LogP contribution in [-0.2, 0) is 0 Å². The molecule has 2 aromatic carbocycles. The molecule has 32 heavy (non-hydrogen) atoms. The first-order valence-corrected chi connectivity index (χ1v) is 12.9. The summed E-state index contributed by atoms with van der Waals surface area (Å²) in [5, 5.41) is 1.04. The molecule has 0 saturated heterocycles. The average molecular weight is 652 g/mol. The topological polar surface area (TPSA) is 9.23 Å². The molecule has 3 aliphatic rings. The number of benzene rings is 2. The minimum Gasteiger partial charge on any atom is -0.460 e. The van der Waals surface area contributed by atoms with Crippen molar-refractivity contribution in [3.05, 3.63) is 117 Å². The monoisotopic (exact) mass is 648 g/mol. The maximum atomic E-state index is 6.72. The molecule has 2 aromatic rings. The number of allylic oxidation sites excluding steroid dienone is 9. The third kappa shape index (κ3) is 3.75. The second kappa shape index (κ2) is 8.85. The molecule has 162 valence electrons. The second-order valence-corrected chi connectivity index (χ2v) is 11.1. The number of fused-ring (bicyclic) bond motifs is 2. The summed E-state index contributed by atoms with van der Waals surface area (Å²) in [5.41, 5.74) is 3.68. The first-order valence-electron chi connectivity index (χ1n) is 9.45. The molecule has 0 N–H and O–H groups in total. The van der Waals surface area contributed by atoms with Crippen molar-refractivity contribution < 1.29 is 4.74 Å². The van der Waals surface area contributed by atoms with Crippen LogP contribution in [-0.4, -0.2) is 0 Å².